The Morgan fingerprint density at radius 1 is 1.26 bits per heavy atom. The number of carbonyl (C=O) groups is 1. The van der Waals surface area contributed by atoms with E-state index >= 15 is 0 Å². The van der Waals surface area contributed by atoms with E-state index in [4.69, 9.17) is 0 Å². The molecule has 27 heavy (non-hydrogen) atoms. The van der Waals surface area contributed by atoms with Crippen LogP contribution in [0.1, 0.15) is 35.2 Å². The highest BCUT2D eigenvalue weighted by molar-refractivity contribution is 5.95. The number of hydrogen-bond acceptors (Lipinski definition) is 3. The van der Waals surface area contributed by atoms with Crippen molar-refractivity contribution in [2.24, 2.45) is 0 Å². The molecule has 0 radical (unpaired) electrons. The van der Waals surface area contributed by atoms with Crippen LogP contribution in [0.5, 0.6) is 0 Å². The summed E-state index contributed by atoms with van der Waals surface area (Å²) < 4.78 is 13.3. The van der Waals surface area contributed by atoms with Crippen LogP contribution < -0.4 is 5.32 Å². The van der Waals surface area contributed by atoms with Gasteiger partial charge in [0.05, 0.1) is 6.61 Å². The standard InChI is InChI=1S/C22H27FN2O2/c1-16-13-19(23)8-9-21(16)17-5-4-6-18(14-17)22(27)24-10-12-25-11-3-2-7-20(25)15-26/h4-6,8-9,13-14,20,26H,2-3,7,10-12,15H2,1H3,(H,24,27). The first-order chi connectivity index (χ1) is 13.1. The van der Waals surface area contributed by atoms with Crippen molar-refractivity contribution in [1.29, 1.82) is 0 Å². The fourth-order valence-corrected chi connectivity index (χ4v) is 3.76. The van der Waals surface area contributed by atoms with Gasteiger partial charge in [0.15, 0.2) is 0 Å². The molecule has 1 heterocycles. The van der Waals surface area contributed by atoms with Gasteiger partial charge in [0.25, 0.3) is 5.91 Å². The lowest BCUT2D eigenvalue weighted by Crippen LogP contribution is -2.45. The Morgan fingerprint density at radius 2 is 2.11 bits per heavy atom. The quantitative estimate of drug-likeness (QED) is 0.820. The van der Waals surface area contributed by atoms with Crippen molar-refractivity contribution in [2.75, 3.05) is 26.2 Å². The minimum absolute atomic E-state index is 0.117. The number of aliphatic hydroxyl groups is 1. The van der Waals surface area contributed by atoms with E-state index in [1.54, 1.807) is 12.1 Å². The number of hydrogen-bond donors (Lipinski definition) is 2. The minimum atomic E-state index is -0.260. The first-order valence-corrected chi connectivity index (χ1v) is 9.58. The maximum atomic E-state index is 13.3. The highest BCUT2D eigenvalue weighted by Crippen LogP contribution is 2.25. The van der Waals surface area contributed by atoms with Crippen LogP contribution in [0.3, 0.4) is 0 Å². The van der Waals surface area contributed by atoms with Gasteiger partial charge in [0.1, 0.15) is 5.82 Å². The molecule has 2 aromatic carbocycles. The lowest BCUT2D eigenvalue weighted by Gasteiger charge is -2.34. The van der Waals surface area contributed by atoms with Crippen LogP contribution in [0.25, 0.3) is 11.1 Å². The van der Waals surface area contributed by atoms with Crippen molar-refractivity contribution < 1.29 is 14.3 Å². The number of rotatable bonds is 6. The van der Waals surface area contributed by atoms with Gasteiger partial charge in [0.2, 0.25) is 0 Å². The molecule has 1 amide bonds. The third kappa shape index (κ3) is 4.93. The molecule has 0 bridgehead atoms. The molecule has 0 aromatic heterocycles. The Labute approximate surface area is 160 Å². The summed E-state index contributed by atoms with van der Waals surface area (Å²) >= 11 is 0. The zero-order valence-electron chi connectivity index (χ0n) is 15.7. The van der Waals surface area contributed by atoms with Crippen LogP contribution in [0.4, 0.5) is 4.39 Å². The third-order valence-corrected chi connectivity index (χ3v) is 5.27. The van der Waals surface area contributed by atoms with Crippen LogP contribution in [-0.4, -0.2) is 48.2 Å². The van der Waals surface area contributed by atoms with Gasteiger partial charge >= 0.3 is 0 Å². The van der Waals surface area contributed by atoms with Crippen LogP contribution in [-0.2, 0) is 0 Å². The van der Waals surface area contributed by atoms with Gasteiger partial charge in [0, 0.05) is 24.7 Å². The molecule has 2 aromatic rings. The van der Waals surface area contributed by atoms with E-state index in [0.717, 1.165) is 49.0 Å². The number of nitrogens with one attached hydrogen (secondary N) is 1. The fourth-order valence-electron chi connectivity index (χ4n) is 3.76. The van der Waals surface area contributed by atoms with Crippen molar-refractivity contribution in [1.82, 2.24) is 10.2 Å². The molecule has 1 aliphatic heterocycles. The number of halogens is 1. The summed E-state index contributed by atoms with van der Waals surface area (Å²) in [5, 5.41) is 12.4. The molecule has 2 N–H and O–H groups in total. The summed E-state index contributed by atoms with van der Waals surface area (Å²) in [6, 6.07) is 12.3. The predicted molar refractivity (Wildman–Crippen MR) is 105 cm³/mol. The molecule has 0 saturated carbocycles. The summed E-state index contributed by atoms with van der Waals surface area (Å²) in [5.41, 5.74) is 3.25. The van der Waals surface area contributed by atoms with Crippen LogP contribution in [0, 0.1) is 12.7 Å². The van der Waals surface area contributed by atoms with Crippen LogP contribution in [0.15, 0.2) is 42.5 Å². The Hall–Kier alpha value is -2.24. The average molecular weight is 370 g/mol. The van der Waals surface area contributed by atoms with Gasteiger partial charge in [-0.1, -0.05) is 24.6 Å². The molecule has 144 valence electrons. The maximum Gasteiger partial charge on any atom is 0.251 e. The number of nitrogens with zero attached hydrogens (tertiary/aromatic N) is 1. The van der Waals surface area contributed by atoms with Crippen LogP contribution in [0.2, 0.25) is 0 Å². The molecule has 1 saturated heterocycles. The number of aliphatic hydroxyl groups excluding tert-OH is 1. The van der Waals surface area contributed by atoms with E-state index < -0.39 is 0 Å². The normalized spacial score (nSPS) is 17.7. The molecule has 0 aliphatic carbocycles. The molecule has 4 nitrogen and oxygen atoms in total. The van der Waals surface area contributed by atoms with Gasteiger partial charge in [-0.15, -0.1) is 0 Å². The van der Waals surface area contributed by atoms with E-state index in [-0.39, 0.29) is 24.4 Å². The third-order valence-electron chi connectivity index (χ3n) is 5.27. The minimum Gasteiger partial charge on any atom is -0.395 e. The van der Waals surface area contributed by atoms with E-state index in [9.17, 15) is 14.3 Å². The molecule has 1 aliphatic rings. The SMILES string of the molecule is Cc1cc(F)ccc1-c1cccc(C(=O)NCCN2CCCCC2CO)c1. The van der Waals surface area contributed by atoms with Gasteiger partial charge in [-0.3, -0.25) is 9.69 Å². The lowest BCUT2D eigenvalue weighted by molar-refractivity contribution is 0.0849. The monoisotopic (exact) mass is 370 g/mol. The number of likely N-dealkylation sites (tertiary alicyclic amines) is 1. The predicted octanol–water partition coefficient (Wildman–Crippen LogP) is 3.38. The second kappa shape index (κ2) is 9.11. The zero-order chi connectivity index (χ0) is 19.2. The van der Waals surface area contributed by atoms with Gasteiger partial charge < -0.3 is 10.4 Å². The Bertz CT molecular complexity index is 794. The first-order valence-electron chi connectivity index (χ1n) is 9.58. The van der Waals surface area contributed by atoms with Crippen LogP contribution >= 0.6 is 0 Å². The number of aryl methyl sites for hydroxylation is 1. The van der Waals surface area contributed by atoms with Crippen molar-refractivity contribution in [3.05, 3.63) is 59.4 Å². The first kappa shape index (κ1) is 19.5. The molecule has 1 fully saturated rings. The highest BCUT2D eigenvalue weighted by atomic mass is 19.1. The van der Waals surface area contributed by atoms with E-state index in [1.165, 1.54) is 12.1 Å². The van der Waals surface area contributed by atoms with Crippen molar-refractivity contribution in [2.45, 2.75) is 32.2 Å². The lowest BCUT2D eigenvalue weighted by atomic mass is 9.98. The molecule has 5 heteroatoms. The second-order valence-corrected chi connectivity index (χ2v) is 7.16. The number of amides is 1. The maximum absolute atomic E-state index is 13.3. The Balaban J connectivity index is 1.62. The number of carbonyl (C=O) groups excluding carboxylic acids is 1. The van der Waals surface area contributed by atoms with Gasteiger partial charge in [-0.25, -0.2) is 4.39 Å². The second-order valence-electron chi connectivity index (χ2n) is 7.16. The van der Waals surface area contributed by atoms with Crippen molar-refractivity contribution in [3.63, 3.8) is 0 Å². The Morgan fingerprint density at radius 3 is 2.89 bits per heavy atom. The molecule has 1 unspecified atom stereocenters. The number of piperidine rings is 1. The smallest absolute Gasteiger partial charge is 0.251 e. The zero-order valence-corrected chi connectivity index (χ0v) is 15.7. The summed E-state index contributed by atoms with van der Waals surface area (Å²) in [5.74, 6) is -0.377. The molecule has 1 atom stereocenters. The molecule has 0 spiro atoms. The topological polar surface area (TPSA) is 52.6 Å². The summed E-state index contributed by atoms with van der Waals surface area (Å²) in [6.07, 6.45) is 3.32. The Kier molecular flexibility index (Phi) is 6.58. The van der Waals surface area contributed by atoms with E-state index in [2.05, 4.69) is 10.2 Å². The van der Waals surface area contributed by atoms with E-state index in [1.807, 2.05) is 25.1 Å². The largest absolute Gasteiger partial charge is 0.395 e. The molecular weight excluding hydrogens is 343 g/mol. The van der Waals surface area contributed by atoms with Crippen molar-refractivity contribution in [3.8, 4) is 11.1 Å². The average Bonchev–Trinajstić information content (AvgIpc) is 2.68. The summed E-state index contributed by atoms with van der Waals surface area (Å²) in [4.78, 5) is 14.8. The number of benzene rings is 2. The summed E-state index contributed by atoms with van der Waals surface area (Å²) in [6.45, 7) is 4.30. The summed E-state index contributed by atoms with van der Waals surface area (Å²) in [7, 11) is 0. The van der Waals surface area contributed by atoms with E-state index in [0.29, 0.717) is 12.1 Å². The fraction of sp³-hybridized carbons (Fsp3) is 0.409. The highest BCUT2D eigenvalue weighted by Gasteiger charge is 2.21. The molecular formula is C22H27FN2O2. The van der Waals surface area contributed by atoms with Gasteiger partial charge in [-0.2, -0.15) is 0 Å². The molecule has 3 rings (SSSR count). The van der Waals surface area contributed by atoms with Crippen molar-refractivity contribution >= 4 is 5.91 Å². The van der Waals surface area contributed by atoms with Gasteiger partial charge in [-0.05, 0) is 67.3 Å².